The standard InChI is InChI=1S/C14H16N2O4/c1-14(13(18)15-2,8-3-4-9-17)11-6-5-7-12(10-11)16(19)20/h3-7,9-10H,8H2,1-2H3,(H,15,18)/b4-3-. The van der Waals surface area contributed by atoms with Crippen molar-refractivity contribution in [2.24, 2.45) is 0 Å². The van der Waals surface area contributed by atoms with Crippen LogP contribution in [0.5, 0.6) is 0 Å². The molecule has 1 amide bonds. The summed E-state index contributed by atoms with van der Waals surface area (Å²) in [4.78, 5) is 32.8. The van der Waals surface area contributed by atoms with Gasteiger partial charge in [0.25, 0.3) is 5.69 Å². The predicted molar refractivity (Wildman–Crippen MR) is 74.3 cm³/mol. The van der Waals surface area contributed by atoms with E-state index in [2.05, 4.69) is 5.32 Å². The van der Waals surface area contributed by atoms with Crippen LogP contribution in [0.15, 0.2) is 36.4 Å². The minimum atomic E-state index is -0.972. The van der Waals surface area contributed by atoms with E-state index in [9.17, 15) is 19.7 Å². The molecule has 0 saturated carbocycles. The van der Waals surface area contributed by atoms with Crippen molar-refractivity contribution in [2.75, 3.05) is 7.05 Å². The summed E-state index contributed by atoms with van der Waals surface area (Å²) in [6.45, 7) is 1.68. The number of rotatable bonds is 6. The Balaban J connectivity index is 3.26. The molecule has 0 aromatic heterocycles. The number of amides is 1. The first-order valence-electron chi connectivity index (χ1n) is 6.03. The van der Waals surface area contributed by atoms with Crippen LogP contribution in [0.4, 0.5) is 5.69 Å². The third kappa shape index (κ3) is 3.28. The largest absolute Gasteiger partial charge is 0.358 e. The zero-order valence-corrected chi connectivity index (χ0v) is 11.3. The summed E-state index contributed by atoms with van der Waals surface area (Å²) in [5.41, 5.74) is -0.515. The summed E-state index contributed by atoms with van der Waals surface area (Å²) in [5, 5.41) is 13.4. The second-order valence-electron chi connectivity index (χ2n) is 4.49. The van der Waals surface area contributed by atoms with Gasteiger partial charge in [0.1, 0.15) is 6.29 Å². The molecule has 6 heteroatoms. The maximum absolute atomic E-state index is 12.1. The minimum Gasteiger partial charge on any atom is -0.358 e. The van der Waals surface area contributed by atoms with E-state index in [-0.39, 0.29) is 18.0 Å². The van der Waals surface area contributed by atoms with Crippen molar-refractivity contribution in [1.82, 2.24) is 5.32 Å². The number of carbonyl (C=O) groups is 2. The van der Waals surface area contributed by atoms with Crippen molar-refractivity contribution in [2.45, 2.75) is 18.8 Å². The highest BCUT2D eigenvalue weighted by Gasteiger charge is 2.34. The molecule has 0 radical (unpaired) electrons. The molecular formula is C14H16N2O4. The van der Waals surface area contributed by atoms with E-state index >= 15 is 0 Å². The number of benzene rings is 1. The van der Waals surface area contributed by atoms with E-state index < -0.39 is 10.3 Å². The summed E-state index contributed by atoms with van der Waals surface area (Å²) in [6, 6.07) is 5.95. The van der Waals surface area contributed by atoms with E-state index in [1.54, 1.807) is 19.1 Å². The highest BCUT2D eigenvalue weighted by atomic mass is 16.6. The second-order valence-corrected chi connectivity index (χ2v) is 4.49. The predicted octanol–water partition coefficient (Wildman–Crippen LogP) is 1.74. The Kier molecular flexibility index (Phi) is 5.14. The van der Waals surface area contributed by atoms with Gasteiger partial charge in [-0.1, -0.05) is 18.2 Å². The molecule has 0 aliphatic carbocycles. The fourth-order valence-corrected chi connectivity index (χ4v) is 1.94. The molecule has 6 nitrogen and oxygen atoms in total. The summed E-state index contributed by atoms with van der Waals surface area (Å²) in [5.74, 6) is -0.270. The number of likely N-dealkylation sites (N-methyl/N-ethyl adjacent to an activating group) is 1. The molecule has 1 atom stereocenters. The molecule has 1 N–H and O–H groups in total. The van der Waals surface area contributed by atoms with Gasteiger partial charge in [-0.2, -0.15) is 0 Å². The zero-order chi connectivity index (χ0) is 15.2. The number of allylic oxidation sites excluding steroid dienone is 2. The third-order valence-electron chi connectivity index (χ3n) is 3.16. The molecule has 1 rings (SSSR count). The molecule has 0 aliphatic heterocycles. The molecule has 0 bridgehead atoms. The Morgan fingerprint density at radius 1 is 1.50 bits per heavy atom. The Bertz CT molecular complexity index is 554. The number of aldehydes is 1. The number of nitrogens with zero attached hydrogens (tertiary/aromatic N) is 1. The van der Waals surface area contributed by atoms with Crippen LogP contribution >= 0.6 is 0 Å². The highest BCUT2D eigenvalue weighted by Crippen LogP contribution is 2.30. The maximum Gasteiger partial charge on any atom is 0.269 e. The summed E-state index contributed by atoms with van der Waals surface area (Å²) in [7, 11) is 1.50. The molecule has 0 saturated heterocycles. The number of nitrogens with one attached hydrogen (secondary N) is 1. The summed E-state index contributed by atoms with van der Waals surface area (Å²) in [6.07, 6.45) is 3.77. The molecule has 0 heterocycles. The van der Waals surface area contributed by atoms with E-state index in [1.165, 1.54) is 31.3 Å². The van der Waals surface area contributed by atoms with E-state index in [0.29, 0.717) is 11.8 Å². The van der Waals surface area contributed by atoms with Gasteiger partial charge in [-0.25, -0.2) is 0 Å². The SMILES string of the molecule is CNC(=O)C(C)(C/C=C\C=O)c1cccc([N+](=O)[O-])c1. The van der Waals surface area contributed by atoms with Gasteiger partial charge in [0.15, 0.2) is 0 Å². The van der Waals surface area contributed by atoms with Gasteiger partial charge in [-0.3, -0.25) is 19.7 Å². The van der Waals surface area contributed by atoms with Gasteiger partial charge in [0, 0.05) is 19.2 Å². The first-order valence-corrected chi connectivity index (χ1v) is 6.03. The minimum absolute atomic E-state index is 0.0722. The van der Waals surface area contributed by atoms with Gasteiger partial charge in [-0.15, -0.1) is 0 Å². The molecule has 20 heavy (non-hydrogen) atoms. The van der Waals surface area contributed by atoms with E-state index in [0.717, 1.165) is 0 Å². The lowest BCUT2D eigenvalue weighted by Crippen LogP contribution is -2.40. The molecule has 106 valence electrons. The van der Waals surface area contributed by atoms with E-state index in [4.69, 9.17) is 0 Å². The van der Waals surface area contributed by atoms with Crippen molar-refractivity contribution in [3.05, 3.63) is 52.1 Å². The Labute approximate surface area is 116 Å². The van der Waals surface area contributed by atoms with Crippen molar-refractivity contribution < 1.29 is 14.5 Å². The van der Waals surface area contributed by atoms with Crippen LogP contribution in [-0.4, -0.2) is 24.2 Å². The highest BCUT2D eigenvalue weighted by molar-refractivity contribution is 5.88. The average Bonchev–Trinajstić information content (AvgIpc) is 2.46. The van der Waals surface area contributed by atoms with Gasteiger partial charge in [0.05, 0.1) is 10.3 Å². The van der Waals surface area contributed by atoms with Crippen LogP contribution in [0.2, 0.25) is 0 Å². The van der Waals surface area contributed by atoms with Crippen LogP contribution in [0, 0.1) is 10.1 Å². The molecule has 1 unspecified atom stereocenters. The number of hydrogen-bond acceptors (Lipinski definition) is 4. The number of non-ortho nitro benzene ring substituents is 1. The summed E-state index contributed by atoms with van der Waals surface area (Å²) < 4.78 is 0. The lowest BCUT2D eigenvalue weighted by atomic mass is 9.78. The number of nitro benzene ring substituents is 1. The fraction of sp³-hybridized carbons (Fsp3) is 0.286. The molecular weight excluding hydrogens is 260 g/mol. The number of nitro groups is 1. The van der Waals surface area contributed by atoms with Crippen LogP contribution in [0.1, 0.15) is 18.9 Å². The lowest BCUT2D eigenvalue weighted by molar-refractivity contribution is -0.384. The van der Waals surface area contributed by atoms with Gasteiger partial charge in [0.2, 0.25) is 5.91 Å². The first kappa shape index (κ1) is 15.6. The molecule has 0 spiro atoms. The Hall–Kier alpha value is -2.50. The van der Waals surface area contributed by atoms with Crippen molar-refractivity contribution in [3.8, 4) is 0 Å². The van der Waals surface area contributed by atoms with Crippen LogP contribution in [0.25, 0.3) is 0 Å². The van der Waals surface area contributed by atoms with Crippen molar-refractivity contribution >= 4 is 17.9 Å². The maximum atomic E-state index is 12.1. The summed E-state index contributed by atoms with van der Waals surface area (Å²) >= 11 is 0. The zero-order valence-electron chi connectivity index (χ0n) is 11.3. The van der Waals surface area contributed by atoms with Crippen LogP contribution < -0.4 is 5.32 Å². The van der Waals surface area contributed by atoms with Gasteiger partial charge < -0.3 is 5.32 Å². The quantitative estimate of drug-likeness (QED) is 0.371. The Morgan fingerprint density at radius 3 is 2.75 bits per heavy atom. The topological polar surface area (TPSA) is 89.3 Å². The second kappa shape index (κ2) is 6.60. The van der Waals surface area contributed by atoms with Gasteiger partial charge >= 0.3 is 0 Å². The number of carbonyl (C=O) groups excluding carboxylic acids is 2. The van der Waals surface area contributed by atoms with Crippen LogP contribution in [0.3, 0.4) is 0 Å². The molecule has 1 aromatic carbocycles. The average molecular weight is 276 g/mol. The normalized spacial score (nSPS) is 13.7. The molecule has 0 fully saturated rings. The van der Waals surface area contributed by atoms with Crippen molar-refractivity contribution in [3.63, 3.8) is 0 Å². The van der Waals surface area contributed by atoms with E-state index in [1.807, 2.05) is 0 Å². The van der Waals surface area contributed by atoms with Crippen molar-refractivity contribution in [1.29, 1.82) is 0 Å². The molecule has 0 aliphatic rings. The smallest absolute Gasteiger partial charge is 0.269 e. The van der Waals surface area contributed by atoms with Gasteiger partial charge in [-0.05, 0) is 25.0 Å². The van der Waals surface area contributed by atoms with Crippen LogP contribution in [-0.2, 0) is 15.0 Å². The Morgan fingerprint density at radius 2 is 2.20 bits per heavy atom. The monoisotopic (exact) mass is 276 g/mol. The fourth-order valence-electron chi connectivity index (χ4n) is 1.94. The lowest BCUT2D eigenvalue weighted by Gasteiger charge is -2.26. The molecule has 1 aromatic rings. The third-order valence-corrected chi connectivity index (χ3v) is 3.16. The number of hydrogen-bond donors (Lipinski definition) is 1. The first-order chi connectivity index (χ1) is 9.45.